The van der Waals surface area contributed by atoms with Gasteiger partial charge in [-0.2, -0.15) is 0 Å². The smallest absolute Gasteiger partial charge is 0.250 e. The van der Waals surface area contributed by atoms with Gasteiger partial charge in [-0.25, -0.2) is 18.1 Å². The molecule has 0 fully saturated rings. The van der Waals surface area contributed by atoms with Gasteiger partial charge in [-0.15, -0.1) is 22.7 Å². The van der Waals surface area contributed by atoms with Gasteiger partial charge in [0.2, 0.25) is 10.0 Å². The highest BCUT2D eigenvalue weighted by Crippen LogP contribution is 2.21. The van der Waals surface area contributed by atoms with E-state index in [1.807, 2.05) is 19.9 Å². The molecule has 4 nitrogen and oxygen atoms in total. The summed E-state index contributed by atoms with van der Waals surface area (Å²) in [7, 11) is -3.36. The van der Waals surface area contributed by atoms with Crippen LogP contribution in [0.1, 0.15) is 21.7 Å². The van der Waals surface area contributed by atoms with E-state index in [4.69, 9.17) is 0 Å². The lowest BCUT2D eigenvalue weighted by Crippen LogP contribution is -2.25. The summed E-state index contributed by atoms with van der Waals surface area (Å²) in [5, 5.41) is 1.00. The summed E-state index contributed by atoms with van der Waals surface area (Å²) in [6, 6.07) is 3.54. The topological polar surface area (TPSA) is 59.1 Å². The number of thiophene rings is 1. The molecule has 0 aliphatic carbocycles. The minimum Gasteiger partial charge on any atom is -0.250 e. The van der Waals surface area contributed by atoms with Crippen LogP contribution in [0.5, 0.6) is 0 Å². The Hall–Kier alpha value is -0.760. The molecule has 104 valence electrons. The van der Waals surface area contributed by atoms with Crippen LogP contribution in [0.25, 0.3) is 0 Å². The first-order valence-corrected chi connectivity index (χ1v) is 9.12. The summed E-state index contributed by atoms with van der Waals surface area (Å²) in [5.41, 5.74) is 0. The second kappa shape index (κ2) is 6.13. The van der Waals surface area contributed by atoms with Crippen molar-refractivity contribution in [3.8, 4) is 0 Å². The molecule has 0 aliphatic rings. The van der Waals surface area contributed by atoms with Crippen LogP contribution in [-0.4, -0.2) is 19.9 Å². The van der Waals surface area contributed by atoms with Crippen molar-refractivity contribution in [3.05, 3.63) is 33.1 Å². The van der Waals surface area contributed by atoms with Crippen molar-refractivity contribution in [3.63, 3.8) is 0 Å². The van der Waals surface area contributed by atoms with Gasteiger partial charge in [0, 0.05) is 22.5 Å². The van der Waals surface area contributed by atoms with E-state index in [0.29, 0.717) is 17.2 Å². The number of hydrogen-bond acceptors (Lipinski definition) is 5. The Bertz CT molecular complexity index is 643. The lowest BCUT2D eigenvalue weighted by molar-refractivity contribution is 0.584. The van der Waals surface area contributed by atoms with Gasteiger partial charge in [-0.3, -0.25) is 0 Å². The summed E-state index contributed by atoms with van der Waals surface area (Å²) >= 11 is 2.93. The fraction of sp³-hybridized carbons (Fsp3) is 0.417. The zero-order valence-corrected chi connectivity index (χ0v) is 13.3. The molecule has 19 heavy (non-hydrogen) atoms. The monoisotopic (exact) mass is 316 g/mol. The maximum atomic E-state index is 12.0. The molecule has 2 rings (SSSR count). The number of nitrogens with zero attached hydrogens (tertiary/aromatic N) is 1. The van der Waals surface area contributed by atoms with Crippen LogP contribution in [-0.2, 0) is 22.9 Å². The van der Waals surface area contributed by atoms with Crippen LogP contribution in [0, 0.1) is 6.92 Å². The number of nitrogens with one attached hydrogen (secondary N) is 1. The predicted octanol–water partition coefficient (Wildman–Crippen LogP) is 2.60. The van der Waals surface area contributed by atoms with Gasteiger partial charge in [0.25, 0.3) is 0 Å². The highest BCUT2D eigenvalue weighted by Gasteiger charge is 2.15. The van der Waals surface area contributed by atoms with Crippen LogP contribution in [0.15, 0.2) is 22.5 Å². The molecule has 2 aromatic heterocycles. The Morgan fingerprint density at radius 1 is 1.26 bits per heavy atom. The number of aryl methyl sites for hydroxylation is 2. The van der Waals surface area contributed by atoms with E-state index in [9.17, 15) is 8.42 Å². The van der Waals surface area contributed by atoms with E-state index >= 15 is 0 Å². The molecule has 0 atom stereocenters. The van der Waals surface area contributed by atoms with E-state index in [2.05, 4.69) is 9.71 Å². The Balaban J connectivity index is 1.94. The highest BCUT2D eigenvalue weighted by atomic mass is 32.2. The molecule has 0 saturated heterocycles. The zero-order valence-electron chi connectivity index (χ0n) is 10.8. The number of sulfonamides is 1. The zero-order chi connectivity index (χ0) is 13.9. The average molecular weight is 316 g/mol. The molecular weight excluding hydrogens is 300 g/mol. The molecule has 0 unspecified atom stereocenters. The normalized spacial score (nSPS) is 11.9. The van der Waals surface area contributed by atoms with Crippen LogP contribution >= 0.6 is 22.7 Å². The van der Waals surface area contributed by atoms with Gasteiger partial charge in [-0.05, 0) is 31.9 Å². The highest BCUT2D eigenvalue weighted by molar-refractivity contribution is 7.91. The Morgan fingerprint density at radius 3 is 2.63 bits per heavy atom. The first-order valence-electron chi connectivity index (χ1n) is 6.01. The van der Waals surface area contributed by atoms with Gasteiger partial charge < -0.3 is 0 Å². The second-order valence-corrected chi connectivity index (χ2v) is 8.55. The van der Waals surface area contributed by atoms with Crippen molar-refractivity contribution in [2.45, 2.75) is 30.9 Å². The Kier molecular flexibility index (Phi) is 4.72. The van der Waals surface area contributed by atoms with E-state index < -0.39 is 10.0 Å². The quantitative estimate of drug-likeness (QED) is 0.891. The summed E-state index contributed by atoms with van der Waals surface area (Å²) in [6.45, 7) is 4.36. The third kappa shape index (κ3) is 3.85. The van der Waals surface area contributed by atoms with E-state index in [1.165, 1.54) is 11.3 Å². The first kappa shape index (κ1) is 14.6. The largest absolute Gasteiger partial charge is 0.250 e. The molecule has 7 heteroatoms. The maximum Gasteiger partial charge on any atom is 0.250 e. The molecule has 0 spiro atoms. The lowest BCUT2D eigenvalue weighted by atomic mass is 10.4. The number of aromatic nitrogens is 1. The van der Waals surface area contributed by atoms with Crippen molar-refractivity contribution < 1.29 is 8.42 Å². The van der Waals surface area contributed by atoms with Crippen molar-refractivity contribution in [1.29, 1.82) is 0 Å². The van der Waals surface area contributed by atoms with E-state index in [-0.39, 0.29) is 0 Å². The SMILES string of the molecule is CCc1ccc(S(=O)(=O)NCCc2cnc(C)s2)s1. The summed E-state index contributed by atoms with van der Waals surface area (Å²) < 4.78 is 27.1. The second-order valence-electron chi connectivity index (χ2n) is 4.07. The molecule has 2 heterocycles. The van der Waals surface area contributed by atoms with Crippen LogP contribution in [0.4, 0.5) is 0 Å². The molecule has 0 bridgehead atoms. The third-order valence-electron chi connectivity index (χ3n) is 2.58. The van der Waals surface area contributed by atoms with Gasteiger partial charge in [-0.1, -0.05) is 6.92 Å². The van der Waals surface area contributed by atoms with Crippen LogP contribution in [0.2, 0.25) is 0 Å². The summed E-state index contributed by atoms with van der Waals surface area (Å²) in [4.78, 5) is 6.33. The minimum absolute atomic E-state index is 0.393. The van der Waals surface area contributed by atoms with Crippen molar-refractivity contribution in [1.82, 2.24) is 9.71 Å². The summed E-state index contributed by atoms with van der Waals surface area (Å²) in [6.07, 6.45) is 3.34. The maximum absolute atomic E-state index is 12.0. The van der Waals surface area contributed by atoms with E-state index in [0.717, 1.165) is 21.2 Å². The van der Waals surface area contributed by atoms with Gasteiger partial charge in [0.1, 0.15) is 4.21 Å². The number of rotatable bonds is 6. The number of thiazole rings is 1. The van der Waals surface area contributed by atoms with Crippen LogP contribution in [0.3, 0.4) is 0 Å². The summed E-state index contributed by atoms with van der Waals surface area (Å²) in [5.74, 6) is 0. The fourth-order valence-electron chi connectivity index (χ4n) is 1.59. The standard InChI is InChI=1S/C12H16N2O2S3/c1-3-10-4-5-12(18-10)19(15,16)14-7-6-11-8-13-9(2)17-11/h4-5,8,14H,3,6-7H2,1-2H3. The predicted molar refractivity (Wildman–Crippen MR) is 79.4 cm³/mol. The Morgan fingerprint density at radius 2 is 2.05 bits per heavy atom. The molecule has 0 aliphatic heterocycles. The number of hydrogen-bond donors (Lipinski definition) is 1. The molecule has 2 aromatic rings. The average Bonchev–Trinajstić information content (AvgIpc) is 2.98. The van der Waals surface area contributed by atoms with Crippen LogP contribution < -0.4 is 4.72 Å². The molecule has 0 saturated carbocycles. The van der Waals surface area contributed by atoms with Crippen molar-refractivity contribution >= 4 is 32.7 Å². The molecule has 1 N–H and O–H groups in total. The molecular formula is C12H16N2O2S3. The molecule has 0 amide bonds. The first-order chi connectivity index (χ1) is 9.01. The van der Waals surface area contributed by atoms with Crippen molar-refractivity contribution in [2.24, 2.45) is 0 Å². The Labute approximate surface area is 121 Å². The van der Waals surface area contributed by atoms with Gasteiger partial charge >= 0.3 is 0 Å². The lowest BCUT2D eigenvalue weighted by Gasteiger charge is -2.03. The third-order valence-corrected chi connectivity index (χ3v) is 6.74. The minimum atomic E-state index is -3.36. The van der Waals surface area contributed by atoms with Gasteiger partial charge in [0.05, 0.1) is 5.01 Å². The molecule has 0 aromatic carbocycles. The molecule has 0 radical (unpaired) electrons. The fourth-order valence-corrected chi connectivity index (χ4v) is 4.76. The van der Waals surface area contributed by atoms with Crippen molar-refractivity contribution in [2.75, 3.05) is 6.54 Å². The van der Waals surface area contributed by atoms with E-state index in [1.54, 1.807) is 23.6 Å². The van der Waals surface area contributed by atoms with Gasteiger partial charge in [0.15, 0.2) is 0 Å².